The second kappa shape index (κ2) is 2.88. The third-order valence-corrected chi connectivity index (χ3v) is 2.22. The van der Waals surface area contributed by atoms with Crippen LogP contribution in [0.3, 0.4) is 0 Å². The fourth-order valence-electron chi connectivity index (χ4n) is 1.52. The van der Waals surface area contributed by atoms with Crippen LogP contribution in [0.5, 0.6) is 11.5 Å². The average Bonchev–Trinajstić information content (AvgIpc) is 2.53. The molecule has 0 saturated heterocycles. The third kappa shape index (κ3) is 1.26. The molecule has 78 valence electrons. The number of rotatable bonds is 1. The second-order valence-corrected chi connectivity index (χ2v) is 3.18. The van der Waals surface area contributed by atoms with Crippen LogP contribution in [0.25, 0.3) is 0 Å². The van der Waals surface area contributed by atoms with Crippen molar-refractivity contribution in [3.05, 3.63) is 17.2 Å². The standard InChI is InChI=1S/C9H7NO5/c11-5-1-4(9(14)15)8(13)7-3(5)2-6(12)10-7/h1,11,13H,2H2,(H,10,12)(H,14,15). The van der Waals surface area contributed by atoms with Crippen LogP contribution in [-0.4, -0.2) is 27.2 Å². The van der Waals surface area contributed by atoms with E-state index < -0.39 is 23.2 Å². The van der Waals surface area contributed by atoms with Gasteiger partial charge in [0.15, 0.2) is 5.75 Å². The quantitative estimate of drug-likeness (QED) is 0.393. The van der Waals surface area contributed by atoms with E-state index in [2.05, 4.69) is 5.32 Å². The number of carboxylic acids is 1. The van der Waals surface area contributed by atoms with Crippen LogP contribution in [0.2, 0.25) is 0 Å². The Morgan fingerprint density at radius 2 is 2.07 bits per heavy atom. The molecule has 0 aromatic heterocycles. The van der Waals surface area contributed by atoms with Crippen LogP contribution >= 0.6 is 0 Å². The molecule has 6 heteroatoms. The molecular weight excluding hydrogens is 202 g/mol. The lowest BCUT2D eigenvalue weighted by atomic mass is 10.1. The van der Waals surface area contributed by atoms with Crippen LogP contribution in [0.1, 0.15) is 15.9 Å². The highest BCUT2D eigenvalue weighted by Gasteiger charge is 2.28. The Labute approximate surface area is 83.8 Å². The normalized spacial score (nSPS) is 13.5. The van der Waals surface area contributed by atoms with Gasteiger partial charge in [0.2, 0.25) is 5.91 Å². The van der Waals surface area contributed by atoms with Gasteiger partial charge in [0.1, 0.15) is 11.3 Å². The summed E-state index contributed by atoms with van der Waals surface area (Å²) in [5.74, 6) is -2.59. The van der Waals surface area contributed by atoms with E-state index in [1.807, 2.05) is 0 Å². The highest BCUT2D eigenvalue weighted by atomic mass is 16.4. The maximum Gasteiger partial charge on any atom is 0.339 e. The average molecular weight is 209 g/mol. The van der Waals surface area contributed by atoms with Crippen LogP contribution in [0, 0.1) is 0 Å². The minimum atomic E-state index is -1.37. The molecule has 6 nitrogen and oxygen atoms in total. The lowest BCUT2D eigenvalue weighted by molar-refractivity contribution is -0.115. The first kappa shape index (κ1) is 9.32. The van der Waals surface area contributed by atoms with E-state index >= 15 is 0 Å². The van der Waals surface area contributed by atoms with Gasteiger partial charge in [-0.15, -0.1) is 0 Å². The van der Waals surface area contributed by atoms with E-state index in [-0.39, 0.29) is 23.4 Å². The van der Waals surface area contributed by atoms with Crippen molar-refractivity contribution < 1.29 is 24.9 Å². The van der Waals surface area contributed by atoms with Gasteiger partial charge in [0, 0.05) is 5.56 Å². The van der Waals surface area contributed by atoms with Crippen molar-refractivity contribution in [3.8, 4) is 11.5 Å². The summed E-state index contributed by atoms with van der Waals surface area (Å²) < 4.78 is 0. The van der Waals surface area contributed by atoms with Crippen molar-refractivity contribution in [1.82, 2.24) is 0 Å². The maximum absolute atomic E-state index is 11.0. The van der Waals surface area contributed by atoms with Crippen molar-refractivity contribution in [1.29, 1.82) is 0 Å². The lowest BCUT2D eigenvalue weighted by Gasteiger charge is -2.07. The number of phenolic OH excluding ortho intramolecular Hbond substituents is 1. The fraction of sp³-hybridized carbons (Fsp3) is 0.111. The number of amides is 1. The molecule has 1 aliphatic rings. The molecule has 1 aromatic carbocycles. The molecule has 0 radical (unpaired) electrons. The van der Waals surface area contributed by atoms with Crippen molar-refractivity contribution in [2.75, 3.05) is 5.32 Å². The fourth-order valence-corrected chi connectivity index (χ4v) is 1.52. The third-order valence-electron chi connectivity index (χ3n) is 2.22. The molecule has 0 fully saturated rings. The molecule has 4 N–H and O–H groups in total. The Morgan fingerprint density at radius 3 is 2.67 bits per heavy atom. The molecular formula is C9H7NO5. The molecule has 0 atom stereocenters. The van der Waals surface area contributed by atoms with Crippen LogP contribution in [0.4, 0.5) is 5.69 Å². The number of hydrogen-bond donors (Lipinski definition) is 4. The Bertz CT molecular complexity index is 480. The topological polar surface area (TPSA) is 107 Å². The molecule has 0 aliphatic carbocycles. The van der Waals surface area contributed by atoms with Crippen molar-refractivity contribution in [2.45, 2.75) is 6.42 Å². The summed E-state index contributed by atoms with van der Waals surface area (Å²) in [4.78, 5) is 21.7. The van der Waals surface area contributed by atoms with Crippen molar-refractivity contribution in [2.24, 2.45) is 0 Å². The van der Waals surface area contributed by atoms with Gasteiger partial charge in [-0.05, 0) is 6.07 Å². The molecule has 15 heavy (non-hydrogen) atoms. The van der Waals surface area contributed by atoms with Crippen molar-refractivity contribution >= 4 is 17.6 Å². The van der Waals surface area contributed by atoms with E-state index in [0.29, 0.717) is 0 Å². The lowest BCUT2D eigenvalue weighted by Crippen LogP contribution is -2.04. The Hall–Kier alpha value is -2.24. The minimum Gasteiger partial charge on any atom is -0.508 e. The largest absolute Gasteiger partial charge is 0.508 e. The number of fused-ring (bicyclic) bond motifs is 1. The first-order chi connectivity index (χ1) is 7.00. The molecule has 2 rings (SSSR count). The number of anilines is 1. The molecule has 0 saturated carbocycles. The molecule has 1 aliphatic heterocycles. The molecule has 1 aromatic rings. The Kier molecular flexibility index (Phi) is 1.79. The first-order valence-electron chi connectivity index (χ1n) is 4.11. The second-order valence-electron chi connectivity index (χ2n) is 3.18. The molecule has 0 bridgehead atoms. The van der Waals surface area contributed by atoms with E-state index in [4.69, 9.17) is 5.11 Å². The zero-order valence-corrected chi connectivity index (χ0v) is 7.44. The number of benzene rings is 1. The highest BCUT2D eigenvalue weighted by molar-refractivity contribution is 6.05. The SMILES string of the molecule is O=C1Cc2c(O)cc(C(=O)O)c(O)c2N1. The summed E-state index contributed by atoms with van der Waals surface area (Å²) in [7, 11) is 0. The number of carbonyl (C=O) groups excluding carboxylic acids is 1. The van der Waals surface area contributed by atoms with E-state index in [9.17, 15) is 19.8 Å². The van der Waals surface area contributed by atoms with Gasteiger partial charge in [-0.1, -0.05) is 0 Å². The summed E-state index contributed by atoms with van der Waals surface area (Å²) in [6.45, 7) is 0. The monoisotopic (exact) mass is 209 g/mol. The van der Waals surface area contributed by atoms with Gasteiger partial charge in [0.25, 0.3) is 0 Å². The number of hydrogen-bond acceptors (Lipinski definition) is 4. The van der Waals surface area contributed by atoms with E-state index in [0.717, 1.165) is 6.07 Å². The number of carboxylic acid groups (broad SMARTS) is 1. The van der Waals surface area contributed by atoms with Gasteiger partial charge in [-0.25, -0.2) is 4.79 Å². The van der Waals surface area contributed by atoms with Gasteiger partial charge in [-0.3, -0.25) is 4.79 Å². The number of nitrogens with one attached hydrogen (secondary N) is 1. The summed E-state index contributed by atoms with van der Waals surface area (Å²) in [5.41, 5.74) is -0.228. The van der Waals surface area contributed by atoms with E-state index in [1.165, 1.54) is 0 Å². The maximum atomic E-state index is 11.0. The highest BCUT2D eigenvalue weighted by Crippen LogP contribution is 2.40. The number of aromatic carboxylic acids is 1. The van der Waals surface area contributed by atoms with Crippen LogP contribution < -0.4 is 5.32 Å². The Morgan fingerprint density at radius 1 is 1.40 bits per heavy atom. The Balaban J connectivity index is 2.68. The minimum absolute atomic E-state index is 0.0163. The van der Waals surface area contributed by atoms with Gasteiger partial charge >= 0.3 is 5.97 Å². The number of phenols is 2. The number of carbonyl (C=O) groups is 2. The van der Waals surface area contributed by atoms with E-state index in [1.54, 1.807) is 0 Å². The predicted molar refractivity (Wildman–Crippen MR) is 49.1 cm³/mol. The van der Waals surface area contributed by atoms with Gasteiger partial charge < -0.3 is 20.6 Å². The summed E-state index contributed by atoms with van der Waals surface area (Å²) >= 11 is 0. The van der Waals surface area contributed by atoms with Crippen molar-refractivity contribution in [3.63, 3.8) is 0 Å². The van der Waals surface area contributed by atoms with Gasteiger partial charge in [0.05, 0.1) is 12.1 Å². The summed E-state index contributed by atoms with van der Waals surface area (Å²) in [6.07, 6.45) is -0.0609. The summed E-state index contributed by atoms with van der Waals surface area (Å²) in [5, 5.41) is 29.9. The number of aromatic hydroxyl groups is 2. The zero-order valence-electron chi connectivity index (χ0n) is 7.44. The van der Waals surface area contributed by atoms with Crippen LogP contribution in [-0.2, 0) is 11.2 Å². The molecule has 1 heterocycles. The smallest absolute Gasteiger partial charge is 0.339 e. The zero-order chi connectivity index (χ0) is 11.2. The van der Waals surface area contributed by atoms with Gasteiger partial charge in [-0.2, -0.15) is 0 Å². The summed E-state index contributed by atoms with van der Waals surface area (Å²) in [6, 6.07) is 0.927. The predicted octanol–water partition coefficient (Wildman–Crippen LogP) is 0.291. The molecule has 1 amide bonds. The molecule has 0 spiro atoms. The molecule has 0 unspecified atom stereocenters. The first-order valence-corrected chi connectivity index (χ1v) is 4.11. The van der Waals surface area contributed by atoms with Crippen LogP contribution in [0.15, 0.2) is 6.07 Å².